The molecule has 106 valence electrons. The molecule has 0 amide bonds. The van der Waals surface area contributed by atoms with Crippen molar-refractivity contribution in [3.05, 3.63) is 28.2 Å². The summed E-state index contributed by atoms with van der Waals surface area (Å²) in [7, 11) is -2.01. The van der Waals surface area contributed by atoms with Gasteiger partial charge in [0.2, 0.25) is 10.0 Å². The van der Waals surface area contributed by atoms with Crippen LogP contribution in [-0.4, -0.2) is 39.0 Å². The summed E-state index contributed by atoms with van der Waals surface area (Å²) < 4.78 is 30.9. The standard InChI is InChI=1S/C11H14BrNO5S/c1-18-5-2-6-19(16,17)13-8-3-4-10(12)9(7-8)11(14)15/h3-4,7,13H,2,5-6H2,1H3,(H,14,15). The topological polar surface area (TPSA) is 92.7 Å². The molecular weight excluding hydrogens is 338 g/mol. The molecule has 0 unspecified atom stereocenters. The highest BCUT2D eigenvalue weighted by molar-refractivity contribution is 9.10. The number of ether oxygens (including phenoxy) is 1. The van der Waals surface area contributed by atoms with E-state index in [2.05, 4.69) is 20.7 Å². The molecule has 0 spiro atoms. The summed E-state index contributed by atoms with van der Waals surface area (Å²) in [5.41, 5.74) is 0.218. The van der Waals surface area contributed by atoms with Gasteiger partial charge in [-0.2, -0.15) is 0 Å². The highest BCUT2D eigenvalue weighted by atomic mass is 79.9. The van der Waals surface area contributed by atoms with E-state index in [1.54, 1.807) is 0 Å². The number of hydrogen-bond donors (Lipinski definition) is 2. The first-order valence-electron chi connectivity index (χ1n) is 5.38. The summed E-state index contributed by atoms with van der Waals surface area (Å²) in [4.78, 5) is 10.9. The van der Waals surface area contributed by atoms with Crippen molar-refractivity contribution in [2.75, 3.05) is 24.2 Å². The molecule has 2 N–H and O–H groups in total. The molecule has 0 saturated heterocycles. The lowest BCUT2D eigenvalue weighted by Gasteiger charge is -2.09. The zero-order chi connectivity index (χ0) is 14.5. The average molecular weight is 352 g/mol. The molecule has 19 heavy (non-hydrogen) atoms. The van der Waals surface area contributed by atoms with E-state index in [1.807, 2.05) is 0 Å². The molecule has 0 atom stereocenters. The Kier molecular flexibility index (Phi) is 5.77. The van der Waals surface area contributed by atoms with Crippen molar-refractivity contribution >= 4 is 37.6 Å². The van der Waals surface area contributed by atoms with Crippen molar-refractivity contribution in [3.63, 3.8) is 0 Å². The Morgan fingerprint density at radius 3 is 2.74 bits per heavy atom. The molecule has 0 aromatic heterocycles. The van der Waals surface area contributed by atoms with E-state index in [4.69, 9.17) is 9.84 Å². The van der Waals surface area contributed by atoms with Crippen molar-refractivity contribution in [1.82, 2.24) is 0 Å². The molecular formula is C11H14BrNO5S. The lowest BCUT2D eigenvalue weighted by molar-refractivity contribution is 0.0696. The van der Waals surface area contributed by atoms with Gasteiger partial charge in [-0.25, -0.2) is 13.2 Å². The van der Waals surface area contributed by atoms with Gasteiger partial charge in [-0.15, -0.1) is 0 Å². The molecule has 0 radical (unpaired) electrons. The first kappa shape index (κ1) is 15.9. The smallest absolute Gasteiger partial charge is 0.336 e. The molecule has 8 heteroatoms. The van der Waals surface area contributed by atoms with E-state index in [9.17, 15) is 13.2 Å². The minimum absolute atomic E-state index is 0.00269. The highest BCUT2D eigenvalue weighted by Crippen LogP contribution is 2.22. The molecule has 0 aliphatic carbocycles. The quantitative estimate of drug-likeness (QED) is 0.732. The van der Waals surface area contributed by atoms with Crippen LogP contribution >= 0.6 is 15.9 Å². The second kappa shape index (κ2) is 6.88. The van der Waals surface area contributed by atoms with Crippen LogP contribution in [0.15, 0.2) is 22.7 Å². The maximum atomic E-state index is 11.7. The Labute approximate surface area is 120 Å². The number of hydrogen-bond acceptors (Lipinski definition) is 4. The predicted octanol–water partition coefficient (Wildman–Crippen LogP) is 1.93. The van der Waals surface area contributed by atoms with Gasteiger partial charge in [0, 0.05) is 23.9 Å². The number of anilines is 1. The van der Waals surface area contributed by atoms with Crippen molar-refractivity contribution in [3.8, 4) is 0 Å². The molecule has 0 saturated carbocycles. The van der Waals surface area contributed by atoms with Gasteiger partial charge in [0.1, 0.15) is 0 Å². The van der Waals surface area contributed by atoms with Gasteiger partial charge >= 0.3 is 5.97 Å². The fourth-order valence-electron chi connectivity index (χ4n) is 1.38. The van der Waals surface area contributed by atoms with E-state index in [-0.39, 0.29) is 17.0 Å². The average Bonchev–Trinajstić information content (AvgIpc) is 2.31. The van der Waals surface area contributed by atoms with Crippen LogP contribution in [0.2, 0.25) is 0 Å². The second-order valence-corrected chi connectivity index (χ2v) is 6.46. The summed E-state index contributed by atoms with van der Waals surface area (Å²) in [6, 6.07) is 4.24. The normalized spacial score (nSPS) is 11.3. The molecule has 0 bridgehead atoms. The zero-order valence-corrected chi connectivity index (χ0v) is 12.6. The van der Waals surface area contributed by atoms with Crippen molar-refractivity contribution in [2.24, 2.45) is 0 Å². The maximum absolute atomic E-state index is 11.7. The Balaban J connectivity index is 2.82. The monoisotopic (exact) mass is 351 g/mol. The van der Waals surface area contributed by atoms with Crippen LogP contribution in [0.5, 0.6) is 0 Å². The van der Waals surface area contributed by atoms with E-state index in [0.29, 0.717) is 17.5 Å². The first-order chi connectivity index (χ1) is 8.85. The van der Waals surface area contributed by atoms with Gasteiger partial charge in [0.05, 0.1) is 11.3 Å². The largest absolute Gasteiger partial charge is 0.478 e. The van der Waals surface area contributed by atoms with Crippen molar-refractivity contribution in [1.29, 1.82) is 0 Å². The molecule has 6 nitrogen and oxygen atoms in total. The third kappa shape index (κ3) is 5.17. The Morgan fingerprint density at radius 1 is 1.47 bits per heavy atom. The van der Waals surface area contributed by atoms with Gasteiger partial charge in [-0.1, -0.05) is 0 Å². The molecule has 1 rings (SSSR count). The maximum Gasteiger partial charge on any atom is 0.336 e. The molecule has 1 aromatic carbocycles. The van der Waals surface area contributed by atoms with Crippen LogP contribution < -0.4 is 4.72 Å². The van der Waals surface area contributed by atoms with Crippen LogP contribution in [0.4, 0.5) is 5.69 Å². The van der Waals surface area contributed by atoms with Gasteiger partial charge < -0.3 is 9.84 Å². The molecule has 0 heterocycles. The lowest BCUT2D eigenvalue weighted by Crippen LogP contribution is -2.18. The van der Waals surface area contributed by atoms with Gasteiger partial charge in [0.25, 0.3) is 0 Å². The number of benzene rings is 1. The minimum Gasteiger partial charge on any atom is -0.478 e. The number of aromatic carboxylic acids is 1. The summed E-state index contributed by atoms with van der Waals surface area (Å²) in [5.74, 6) is -1.22. The zero-order valence-electron chi connectivity index (χ0n) is 10.2. The van der Waals surface area contributed by atoms with Crippen molar-refractivity contribution in [2.45, 2.75) is 6.42 Å². The number of nitrogens with one attached hydrogen (secondary N) is 1. The summed E-state index contributed by atoms with van der Waals surface area (Å²) >= 11 is 3.09. The number of carboxylic acid groups (broad SMARTS) is 1. The number of carboxylic acids is 1. The summed E-state index contributed by atoms with van der Waals surface area (Å²) in [6.45, 7) is 0.349. The minimum atomic E-state index is -3.50. The Hall–Kier alpha value is -1.12. The Morgan fingerprint density at radius 2 is 2.16 bits per heavy atom. The first-order valence-corrected chi connectivity index (χ1v) is 7.82. The fourth-order valence-corrected chi connectivity index (χ4v) is 2.88. The highest BCUT2D eigenvalue weighted by Gasteiger charge is 2.13. The number of carbonyl (C=O) groups is 1. The SMILES string of the molecule is COCCCS(=O)(=O)Nc1ccc(Br)c(C(=O)O)c1. The van der Waals surface area contributed by atoms with Gasteiger partial charge in [-0.3, -0.25) is 4.72 Å². The number of sulfonamides is 1. The van der Waals surface area contributed by atoms with E-state index in [0.717, 1.165) is 0 Å². The summed E-state index contributed by atoms with van der Waals surface area (Å²) in [5, 5.41) is 8.94. The lowest BCUT2D eigenvalue weighted by atomic mass is 10.2. The van der Waals surface area contributed by atoms with Crippen LogP contribution in [-0.2, 0) is 14.8 Å². The van der Waals surface area contributed by atoms with Gasteiger partial charge in [0.15, 0.2) is 0 Å². The van der Waals surface area contributed by atoms with Gasteiger partial charge in [-0.05, 0) is 40.5 Å². The van der Waals surface area contributed by atoms with Crippen LogP contribution in [0.1, 0.15) is 16.8 Å². The fraction of sp³-hybridized carbons (Fsp3) is 0.364. The third-order valence-electron chi connectivity index (χ3n) is 2.23. The van der Waals surface area contributed by atoms with E-state index >= 15 is 0 Å². The van der Waals surface area contributed by atoms with Crippen molar-refractivity contribution < 1.29 is 23.1 Å². The van der Waals surface area contributed by atoms with Crippen LogP contribution in [0.25, 0.3) is 0 Å². The number of rotatable bonds is 7. The second-order valence-electron chi connectivity index (χ2n) is 3.77. The van der Waals surface area contributed by atoms with Crippen LogP contribution in [0, 0.1) is 0 Å². The third-order valence-corrected chi connectivity index (χ3v) is 4.30. The molecule has 0 aliphatic heterocycles. The molecule has 0 fully saturated rings. The van der Waals surface area contributed by atoms with Crippen LogP contribution in [0.3, 0.4) is 0 Å². The van der Waals surface area contributed by atoms with E-state index < -0.39 is 16.0 Å². The molecule has 1 aromatic rings. The Bertz CT molecular complexity index is 558. The number of halogens is 1. The molecule has 0 aliphatic rings. The summed E-state index contributed by atoms with van der Waals surface area (Å²) in [6.07, 6.45) is 0.369. The predicted molar refractivity (Wildman–Crippen MR) is 75.0 cm³/mol. The van der Waals surface area contributed by atoms with E-state index in [1.165, 1.54) is 25.3 Å². The number of methoxy groups -OCH3 is 1.